The molecule has 0 spiro atoms. The number of rotatable bonds is 6. The number of nitrogens with two attached hydrogens (primary N) is 1. The van der Waals surface area contributed by atoms with Gasteiger partial charge in [-0.2, -0.15) is 4.98 Å². The fraction of sp³-hybridized carbons (Fsp3) is 0.500. The van der Waals surface area contributed by atoms with Crippen molar-refractivity contribution in [2.75, 3.05) is 0 Å². The van der Waals surface area contributed by atoms with Gasteiger partial charge >= 0.3 is 0 Å². The first-order chi connectivity index (χ1) is 9.95. The number of nitrogens with zero attached hydrogens (tertiary/aromatic N) is 2. The molecule has 5 heteroatoms. The Bertz CT molecular complexity index is 575. The van der Waals surface area contributed by atoms with Crippen LogP contribution in [0, 0.1) is 12.7 Å². The lowest BCUT2D eigenvalue weighted by atomic mass is 10.0. The highest BCUT2D eigenvalue weighted by Gasteiger charge is 2.16. The van der Waals surface area contributed by atoms with E-state index in [1.54, 1.807) is 0 Å². The van der Waals surface area contributed by atoms with E-state index in [-0.39, 0.29) is 17.8 Å². The van der Waals surface area contributed by atoms with Gasteiger partial charge in [0.05, 0.1) is 0 Å². The number of aromatic nitrogens is 2. The molecule has 0 fully saturated rings. The standard InChI is InChI=1S/C16H22FN3O/c1-10-7-13(9-14(17)8-10)15-19-16(21-20-15)11(2)5-4-6-12(3)18/h7-9,11-12H,4-6,18H2,1-3H3. The van der Waals surface area contributed by atoms with E-state index in [9.17, 15) is 4.39 Å². The Morgan fingerprint density at radius 2 is 2.00 bits per heavy atom. The second-order valence-corrected chi connectivity index (χ2v) is 5.78. The van der Waals surface area contributed by atoms with Gasteiger partial charge in [0.25, 0.3) is 0 Å². The third-order valence-corrected chi connectivity index (χ3v) is 3.46. The molecule has 1 aromatic heterocycles. The van der Waals surface area contributed by atoms with Crippen molar-refractivity contribution in [1.82, 2.24) is 10.1 Å². The van der Waals surface area contributed by atoms with Crippen LogP contribution in [0.2, 0.25) is 0 Å². The van der Waals surface area contributed by atoms with Crippen molar-refractivity contribution in [2.45, 2.75) is 52.0 Å². The molecule has 2 unspecified atom stereocenters. The summed E-state index contributed by atoms with van der Waals surface area (Å²) in [5.41, 5.74) is 7.22. The Kier molecular flexibility index (Phi) is 5.07. The van der Waals surface area contributed by atoms with Crippen molar-refractivity contribution in [3.05, 3.63) is 35.5 Å². The minimum Gasteiger partial charge on any atom is -0.339 e. The van der Waals surface area contributed by atoms with Crippen molar-refractivity contribution in [3.63, 3.8) is 0 Å². The average Bonchev–Trinajstić information content (AvgIpc) is 2.86. The van der Waals surface area contributed by atoms with Crippen molar-refractivity contribution >= 4 is 0 Å². The van der Waals surface area contributed by atoms with Gasteiger partial charge in [0.2, 0.25) is 11.7 Å². The molecule has 0 amide bonds. The first kappa shape index (κ1) is 15.6. The predicted octanol–water partition coefficient (Wildman–Crippen LogP) is 3.81. The van der Waals surface area contributed by atoms with Crippen molar-refractivity contribution in [2.24, 2.45) is 5.73 Å². The molecule has 1 heterocycles. The van der Waals surface area contributed by atoms with E-state index < -0.39 is 0 Å². The number of hydrogen-bond donors (Lipinski definition) is 1. The van der Waals surface area contributed by atoms with E-state index in [0.29, 0.717) is 17.3 Å². The summed E-state index contributed by atoms with van der Waals surface area (Å²) < 4.78 is 18.7. The molecule has 0 saturated carbocycles. The van der Waals surface area contributed by atoms with Crippen LogP contribution in [0.15, 0.2) is 22.7 Å². The largest absolute Gasteiger partial charge is 0.339 e. The van der Waals surface area contributed by atoms with Gasteiger partial charge < -0.3 is 10.3 Å². The second-order valence-electron chi connectivity index (χ2n) is 5.78. The van der Waals surface area contributed by atoms with E-state index >= 15 is 0 Å². The van der Waals surface area contributed by atoms with E-state index in [0.717, 1.165) is 24.8 Å². The Labute approximate surface area is 124 Å². The quantitative estimate of drug-likeness (QED) is 0.879. The number of benzene rings is 1. The highest BCUT2D eigenvalue weighted by atomic mass is 19.1. The van der Waals surface area contributed by atoms with Crippen molar-refractivity contribution in [3.8, 4) is 11.4 Å². The summed E-state index contributed by atoms with van der Waals surface area (Å²) in [4.78, 5) is 4.38. The summed E-state index contributed by atoms with van der Waals surface area (Å²) in [5, 5.41) is 3.96. The highest BCUT2D eigenvalue weighted by molar-refractivity contribution is 5.55. The third-order valence-electron chi connectivity index (χ3n) is 3.46. The Morgan fingerprint density at radius 3 is 2.67 bits per heavy atom. The van der Waals surface area contributed by atoms with E-state index in [2.05, 4.69) is 17.1 Å². The molecule has 2 rings (SSSR count). The molecule has 2 aromatic rings. The van der Waals surface area contributed by atoms with Gasteiger partial charge in [0, 0.05) is 17.5 Å². The SMILES string of the molecule is Cc1cc(F)cc(-c2noc(C(C)CCCC(C)N)n2)c1. The van der Waals surface area contributed by atoms with Gasteiger partial charge in [0.15, 0.2) is 0 Å². The van der Waals surface area contributed by atoms with E-state index in [4.69, 9.17) is 10.3 Å². The zero-order valence-corrected chi connectivity index (χ0v) is 12.8. The van der Waals surface area contributed by atoms with Gasteiger partial charge in [0.1, 0.15) is 5.82 Å². The molecule has 114 valence electrons. The molecule has 1 aromatic carbocycles. The minimum atomic E-state index is -0.290. The fourth-order valence-electron chi connectivity index (χ4n) is 2.29. The lowest BCUT2D eigenvalue weighted by Gasteiger charge is -2.07. The van der Waals surface area contributed by atoms with Gasteiger partial charge in [-0.15, -0.1) is 0 Å². The van der Waals surface area contributed by atoms with Gasteiger partial charge in [-0.1, -0.05) is 18.5 Å². The summed E-state index contributed by atoms with van der Waals surface area (Å²) in [7, 11) is 0. The second kappa shape index (κ2) is 6.80. The average molecular weight is 291 g/mol. The lowest BCUT2D eigenvalue weighted by molar-refractivity contribution is 0.350. The van der Waals surface area contributed by atoms with Gasteiger partial charge in [-0.25, -0.2) is 4.39 Å². The zero-order valence-electron chi connectivity index (χ0n) is 12.8. The maximum atomic E-state index is 13.4. The summed E-state index contributed by atoms with van der Waals surface area (Å²) in [6.07, 6.45) is 2.95. The smallest absolute Gasteiger partial charge is 0.229 e. The molecule has 0 aliphatic carbocycles. The molecule has 2 atom stereocenters. The van der Waals surface area contributed by atoms with Crippen LogP contribution < -0.4 is 5.73 Å². The Balaban J connectivity index is 2.06. The first-order valence-electron chi connectivity index (χ1n) is 7.32. The number of hydrogen-bond acceptors (Lipinski definition) is 4. The molecule has 0 bridgehead atoms. The monoisotopic (exact) mass is 291 g/mol. The molecule has 0 saturated heterocycles. The third kappa shape index (κ3) is 4.36. The topological polar surface area (TPSA) is 64.9 Å². The van der Waals surface area contributed by atoms with Gasteiger partial charge in [-0.05, 0) is 50.5 Å². The molecular formula is C16H22FN3O. The van der Waals surface area contributed by atoms with E-state index in [1.807, 2.05) is 19.9 Å². The Hall–Kier alpha value is -1.75. The summed E-state index contributed by atoms with van der Waals surface area (Å²) in [6, 6.07) is 4.95. The minimum absolute atomic E-state index is 0.180. The molecule has 0 radical (unpaired) electrons. The van der Waals surface area contributed by atoms with Gasteiger partial charge in [-0.3, -0.25) is 0 Å². The van der Waals surface area contributed by atoms with Crippen LogP contribution >= 0.6 is 0 Å². The maximum absolute atomic E-state index is 13.4. The van der Waals surface area contributed by atoms with Crippen molar-refractivity contribution < 1.29 is 8.91 Å². The lowest BCUT2D eigenvalue weighted by Crippen LogP contribution is -2.14. The van der Waals surface area contributed by atoms with Crippen LogP contribution in [-0.2, 0) is 0 Å². The Morgan fingerprint density at radius 1 is 1.24 bits per heavy atom. The summed E-state index contributed by atoms with van der Waals surface area (Å²) in [6.45, 7) is 5.89. The van der Waals surface area contributed by atoms with Crippen LogP contribution in [0.3, 0.4) is 0 Å². The van der Waals surface area contributed by atoms with Crippen LogP contribution in [0.25, 0.3) is 11.4 Å². The number of aryl methyl sites for hydroxylation is 1. The first-order valence-corrected chi connectivity index (χ1v) is 7.32. The fourth-order valence-corrected chi connectivity index (χ4v) is 2.29. The molecule has 0 aliphatic rings. The maximum Gasteiger partial charge on any atom is 0.229 e. The molecule has 21 heavy (non-hydrogen) atoms. The van der Waals surface area contributed by atoms with Crippen LogP contribution in [0.4, 0.5) is 4.39 Å². The van der Waals surface area contributed by atoms with Crippen LogP contribution in [0.5, 0.6) is 0 Å². The van der Waals surface area contributed by atoms with Crippen LogP contribution in [0.1, 0.15) is 50.5 Å². The zero-order chi connectivity index (χ0) is 15.4. The molecule has 4 nitrogen and oxygen atoms in total. The predicted molar refractivity (Wildman–Crippen MR) is 80.3 cm³/mol. The molecular weight excluding hydrogens is 269 g/mol. The summed E-state index contributed by atoms with van der Waals surface area (Å²) in [5.74, 6) is 0.921. The normalized spacial score (nSPS) is 14.1. The van der Waals surface area contributed by atoms with E-state index in [1.165, 1.54) is 12.1 Å². The summed E-state index contributed by atoms with van der Waals surface area (Å²) >= 11 is 0. The molecule has 2 N–H and O–H groups in total. The van der Waals surface area contributed by atoms with Crippen molar-refractivity contribution in [1.29, 1.82) is 0 Å². The highest BCUT2D eigenvalue weighted by Crippen LogP contribution is 2.24. The van der Waals surface area contributed by atoms with Crippen LogP contribution in [-0.4, -0.2) is 16.2 Å². The number of halogens is 1. The molecule has 0 aliphatic heterocycles.